The van der Waals surface area contributed by atoms with Crippen LogP contribution in [0.2, 0.25) is 0 Å². The Morgan fingerprint density at radius 2 is 1.70 bits per heavy atom. The van der Waals surface area contributed by atoms with E-state index in [4.69, 9.17) is 33.7 Å². The minimum Gasteiger partial charge on any atom is -0.496 e. The van der Waals surface area contributed by atoms with Crippen molar-refractivity contribution in [3.8, 4) is 23.0 Å². The van der Waals surface area contributed by atoms with E-state index in [1.165, 1.54) is 19.2 Å². The molecule has 16 nitrogen and oxygen atoms in total. The van der Waals surface area contributed by atoms with Gasteiger partial charge in [-0.15, -0.1) is 6.58 Å². The highest BCUT2D eigenvalue weighted by molar-refractivity contribution is 6.03. The average Bonchev–Trinajstić information content (AvgIpc) is 3.90. The monoisotopic (exact) mass is 967 g/mol. The van der Waals surface area contributed by atoms with Crippen molar-refractivity contribution in [3.05, 3.63) is 112 Å². The molecule has 2 fully saturated rings. The fraction of sp³-hybridized carbons (Fsp3) is 0.537. The number of aldehydes is 1. The van der Waals surface area contributed by atoms with Crippen LogP contribution in [-0.2, 0) is 25.7 Å². The van der Waals surface area contributed by atoms with Crippen molar-refractivity contribution in [1.29, 1.82) is 0 Å². The molecule has 3 aromatic carbocycles. The number of amides is 1. The number of nitro benzene ring substituents is 1. The summed E-state index contributed by atoms with van der Waals surface area (Å²) in [7, 11) is 1.50. The number of aliphatic hydroxyl groups excluding tert-OH is 3. The largest absolute Gasteiger partial charge is 0.496 e. The van der Waals surface area contributed by atoms with Crippen molar-refractivity contribution in [2.75, 3.05) is 53.3 Å². The van der Waals surface area contributed by atoms with E-state index < -0.39 is 22.7 Å². The normalized spacial score (nSPS) is 23.1. The molecule has 0 unspecified atom stereocenters. The molecular weight excluding hydrogens is 899 g/mol. The van der Waals surface area contributed by atoms with Gasteiger partial charge in [-0.05, 0) is 110 Å². The molecule has 0 radical (unpaired) electrons. The Kier molecular flexibility index (Phi) is 19.0. The third kappa shape index (κ3) is 12.3. The van der Waals surface area contributed by atoms with E-state index in [-0.39, 0.29) is 88.6 Å². The summed E-state index contributed by atoms with van der Waals surface area (Å²) in [5.74, 6) is -0.217. The first-order chi connectivity index (χ1) is 34.2. The van der Waals surface area contributed by atoms with Crippen LogP contribution in [0.25, 0.3) is 0 Å². The number of nitro groups is 1. The highest BCUT2D eigenvalue weighted by Gasteiger charge is 2.65. The minimum absolute atomic E-state index is 0.0194. The zero-order valence-corrected chi connectivity index (χ0v) is 40.3. The predicted molar refractivity (Wildman–Crippen MR) is 262 cm³/mol. The van der Waals surface area contributed by atoms with Crippen LogP contribution in [0.5, 0.6) is 23.0 Å². The molecule has 16 heteroatoms. The van der Waals surface area contributed by atoms with Crippen molar-refractivity contribution in [1.82, 2.24) is 4.90 Å². The lowest BCUT2D eigenvalue weighted by atomic mass is 9.55. The number of unbranched alkanes of at least 4 members (excludes halogenated alkanes) is 2. The number of oxime groups is 1. The van der Waals surface area contributed by atoms with Crippen LogP contribution in [0, 0.1) is 33.8 Å². The summed E-state index contributed by atoms with van der Waals surface area (Å²) in [4.78, 5) is 46.1. The summed E-state index contributed by atoms with van der Waals surface area (Å²) in [6, 6.07) is 16.1. The van der Waals surface area contributed by atoms with Gasteiger partial charge in [0, 0.05) is 56.2 Å². The van der Waals surface area contributed by atoms with E-state index in [1.54, 1.807) is 36.4 Å². The van der Waals surface area contributed by atoms with Crippen LogP contribution in [-0.4, -0.2) is 108 Å². The van der Waals surface area contributed by atoms with Crippen molar-refractivity contribution in [2.24, 2.45) is 28.8 Å². The molecule has 0 saturated heterocycles. The number of nitrogens with zero attached hydrogens (tertiary/aromatic N) is 3. The first kappa shape index (κ1) is 52.2. The van der Waals surface area contributed by atoms with Crippen molar-refractivity contribution < 1.29 is 58.4 Å². The number of ether oxygens (including phenoxy) is 5. The second kappa shape index (κ2) is 25.5. The first-order valence-electron chi connectivity index (χ1n) is 24.9. The second-order valence-electron chi connectivity index (χ2n) is 18.7. The number of methoxy groups -OCH3 is 1. The SMILES string of the molecule is C=CCO[C@@]12Oc3ccc(Oc4ccc(OC)c(C=O)c4)cc3[C@H]3[C@H](CCCCO)[C@@H](CCCCO)C=C(C(=NOCc4ccc([N+](=O)[O-])cc4)C[C@@H]1N(CCOCCO)C(=O)CCC1CCCC1)[C@H]32. The van der Waals surface area contributed by atoms with Gasteiger partial charge in [0.1, 0.15) is 35.6 Å². The number of benzene rings is 3. The van der Waals surface area contributed by atoms with Gasteiger partial charge in [0.25, 0.3) is 5.69 Å². The van der Waals surface area contributed by atoms with E-state index in [0.717, 1.165) is 75.2 Å². The topological polar surface area (TPSA) is 209 Å². The molecule has 0 aromatic heterocycles. The van der Waals surface area contributed by atoms with E-state index >= 15 is 4.79 Å². The summed E-state index contributed by atoms with van der Waals surface area (Å²) >= 11 is 0. The maximum absolute atomic E-state index is 15.0. The van der Waals surface area contributed by atoms with Crippen molar-refractivity contribution in [3.63, 3.8) is 0 Å². The minimum atomic E-state index is -1.50. The Morgan fingerprint density at radius 3 is 2.40 bits per heavy atom. The number of allylic oxidation sites excluding steroid dienone is 1. The Morgan fingerprint density at radius 1 is 0.957 bits per heavy atom. The molecule has 3 aliphatic carbocycles. The van der Waals surface area contributed by atoms with Crippen LogP contribution < -0.4 is 14.2 Å². The first-order valence-corrected chi connectivity index (χ1v) is 24.9. The quantitative estimate of drug-likeness (QED) is 0.0205. The van der Waals surface area contributed by atoms with E-state index in [1.807, 2.05) is 23.1 Å². The van der Waals surface area contributed by atoms with Gasteiger partial charge in [0.2, 0.25) is 11.7 Å². The molecule has 7 rings (SSSR count). The summed E-state index contributed by atoms with van der Waals surface area (Å²) in [6.45, 7) is 4.49. The Hall–Kier alpha value is -5.65. The lowest BCUT2D eigenvalue weighted by Gasteiger charge is -2.60. The van der Waals surface area contributed by atoms with Crippen LogP contribution in [0.1, 0.15) is 111 Å². The molecular formula is C54H69N3O13. The Balaban J connectivity index is 1.41. The maximum atomic E-state index is 15.0. The third-order valence-corrected chi connectivity index (χ3v) is 14.4. The molecule has 3 N–H and O–H groups in total. The summed E-state index contributed by atoms with van der Waals surface area (Å²) in [5.41, 5.74) is 3.28. The number of rotatable bonds is 28. The van der Waals surface area contributed by atoms with Crippen molar-refractivity contribution >= 4 is 23.6 Å². The van der Waals surface area contributed by atoms with Crippen LogP contribution in [0.3, 0.4) is 0 Å². The number of fused-ring (bicyclic) bond motifs is 2. The summed E-state index contributed by atoms with van der Waals surface area (Å²) < 4.78 is 32.3. The van der Waals surface area contributed by atoms with Crippen LogP contribution in [0.4, 0.5) is 5.69 Å². The van der Waals surface area contributed by atoms with Crippen LogP contribution >= 0.6 is 0 Å². The van der Waals surface area contributed by atoms with E-state index in [9.17, 15) is 30.2 Å². The average molecular weight is 968 g/mol. The number of hydrogen-bond acceptors (Lipinski definition) is 14. The van der Waals surface area contributed by atoms with Gasteiger partial charge in [0.15, 0.2) is 6.29 Å². The lowest BCUT2D eigenvalue weighted by Crippen LogP contribution is -2.70. The zero-order chi connectivity index (χ0) is 49.5. The molecule has 1 aliphatic heterocycles. The number of carbonyl (C=O) groups is 2. The molecule has 0 spiro atoms. The van der Waals surface area contributed by atoms with Gasteiger partial charge in [-0.25, -0.2) is 0 Å². The summed E-state index contributed by atoms with van der Waals surface area (Å²) in [5, 5.41) is 46.1. The molecule has 4 aliphatic rings. The van der Waals surface area contributed by atoms with Gasteiger partial charge in [-0.3, -0.25) is 19.7 Å². The standard InChI is InChI=1S/C54H69N3O13/c1-3-28-67-54-50(56(24-29-66-30-27-60)51(62)23-16-37-10-4-5-11-37)34-47(55-68-36-38-14-17-41(18-15-38)57(63)64)45-32-39(12-6-8-25-58)44(13-7-9-26-59)52(53(45)54)46-33-43(20-22-49(46)70-54)69-42-19-21-48(65-2)40(31-42)35-61/h3,14-15,17-22,31-33,35,37,39,44,50,52-53,58-60H,1,4-13,16,23-30,34,36H2,2H3/t39-,44+,50-,52+,53+,54+/m0/s1. The van der Waals surface area contributed by atoms with Gasteiger partial charge >= 0.3 is 0 Å². The van der Waals surface area contributed by atoms with Gasteiger partial charge in [0.05, 0.1) is 55.7 Å². The number of non-ortho nitro benzene ring substituents is 1. The fourth-order valence-electron chi connectivity index (χ4n) is 11.2. The molecule has 6 atom stereocenters. The molecule has 1 heterocycles. The van der Waals surface area contributed by atoms with E-state index in [0.29, 0.717) is 65.0 Å². The van der Waals surface area contributed by atoms with Gasteiger partial charge in [-0.2, -0.15) is 0 Å². The molecule has 2 saturated carbocycles. The maximum Gasteiger partial charge on any atom is 0.269 e. The van der Waals surface area contributed by atoms with Crippen LogP contribution in [0.15, 0.2) is 90.1 Å². The molecule has 378 valence electrons. The Bertz CT molecular complexity index is 2300. The second-order valence-corrected chi connectivity index (χ2v) is 18.7. The zero-order valence-electron chi connectivity index (χ0n) is 40.3. The van der Waals surface area contributed by atoms with Gasteiger partial charge in [-0.1, -0.05) is 55.8 Å². The molecule has 3 aromatic rings. The number of aliphatic hydroxyl groups is 3. The molecule has 1 amide bonds. The van der Waals surface area contributed by atoms with Gasteiger partial charge < -0.3 is 48.7 Å². The Labute approximate surface area is 410 Å². The highest BCUT2D eigenvalue weighted by Crippen LogP contribution is 2.62. The van der Waals surface area contributed by atoms with Crippen molar-refractivity contribution in [2.45, 2.75) is 108 Å². The highest BCUT2D eigenvalue weighted by atomic mass is 16.7. The van der Waals surface area contributed by atoms with E-state index in [2.05, 4.69) is 12.7 Å². The number of carbonyl (C=O) groups excluding carboxylic acids is 2. The third-order valence-electron chi connectivity index (χ3n) is 14.4. The summed E-state index contributed by atoms with van der Waals surface area (Å²) in [6.07, 6.45) is 14.5. The fourth-order valence-corrected chi connectivity index (χ4v) is 11.2. The lowest BCUT2D eigenvalue weighted by molar-refractivity contribution is -0.384. The smallest absolute Gasteiger partial charge is 0.269 e. The predicted octanol–water partition coefficient (Wildman–Crippen LogP) is 8.85. The number of hydrogen-bond donors (Lipinski definition) is 3. The molecule has 0 bridgehead atoms. The molecule has 70 heavy (non-hydrogen) atoms.